The number of piperidine rings is 1. The first-order chi connectivity index (χ1) is 14.8. The second-order valence-electron chi connectivity index (χ2n) is 8.18. The third-order valence-electron chi connectivity index (χ3n) is 6.29. The maximum absolute atomic E-state index is 13.3. The van der Waals surface area contributed by atoms with E-state index in [1.165, 1.54) is 5.56 Å². The molecule has 2 aliphatic rings. The van der Waals surface area contributed by atoms with Gasteiger partial charge in [-0.3, -0.25) is 19.7 Å². The van der Waals surface area contributed by atoms with Crippen molar-refractivity contribution in [3.63, 3.8) is 0 Å². The Morgan fingerprint density at radius 3 is 2.97 bits per heavy atom. The Morgan fingerprint density at radius 1 is 1.13 bits per heavy atom. The highest BCUT2D eigenvalue weighted by molar-refractivity contribution is 5.98. The number of amides is 1. The molecular formula is C24H26N4O2. The fraction of sp³-hybridized carbons (Fsp3) is 0.375. The zero-order chi connectivity index (χ0) is 20.3. The van der Waals surface area contributed by atoms with E-state index in [0.717, 1.165) is 62.3 Å². The van der Waals surface area contributed by atoms with Crippen molar-refractivity contribution < 1.29 is 9.53 Å². The van der Waals surface area contributed by atoms with Crippen LogP contribution in [0, 0.1) is 5.92 Å². The molecule has 0 aliphatic carbocycles. The van der Waals surface area contributed by atoms with Gasteiger partial charge in [0.1, 0.15) is 0 Å². The minimum Gasteiger partial charge on any atom is -0.380 e. The van der Waals surface area contributed by atoms with Crippen LogP contribution < -0.4 is 0 Å². The molecule has 154 valence electrons. The van der Waals surface area contributed by atoms with Crippen LogP contribution in [0.3, 0.4) is 0 Å². The summed E-state index contributed by atoms with van der Waals surface area (Å²) in [5.41, 5.74) is 2.84. The molecule has 2 atom stereocenters. The van der Waals surface area contributed by atoms with Gasteiger partial charge in [0.05, 0.1) is 18.7 Å². The Labute approximate surface area is 176 Å². The first-order valence-electron chi connectivity index (χ1n) is 10.6. The summed E-state index contributed by atoms with van der Waals surface area (Å²) in [6, 6.07) is 14.1. The van der Waals surface area contributed by atoms with Gasteiger partial charge in [-0.15, -0.1) is 0 Å². The lowest BCUT2D eigenvalue weighted by atomic mass is 9.90. The van der Waals surface area contributed by atoms with E-state index in [4.69, 9.17) is 4.74 Å². The van der Waals surface area contributed by atoms with Crippen molar-refractivity contribution >= 4 is 16.8 Å². The summed E-state index contributed by atoms with van der Waals surface area (Å²) in [5, 5.41) is 0.999. The fourth-order valence-electron chi connectivity index (χ4n) is 4.67. The van der Waals surface area contributed by atoms with Crippen LogP contribution in [0.15, 0.2) is 61.1 Å². The van der Waals surface area contributed by atoms with Gasteiger partial charge < -0.3 is 9.64 Å². The minimum absolute atomic E-state index is 0.102. The molecule has 5 rings (SSSR count). The van der Waals surface area contributed by atoms with Crippen LogP contribution >= 0.6 is 0 Å². The third-order valence-corrected chi connectivity index (χ3v) is 6.29. The number of carbonyl (C=O) groups excluding carboxylic acids is 1. The number of nitrogens with zero attached hydrogens (tertiary/aromatic N) is 4. The molecule has 0 N–H and O–H groups in total. The molecule has 6 heteroatoms. The summed E-state index contributed by atoms with van der Waals surface area (Å²) in [5.74, 6) is 0.555. The summed E-state index contributed by atoms with van der Waals surface area (Å²) in [7, 11) is 0. The SMILES string of the molecule is O=C(c1ccc2ncccc2c1)N1CC[C@@H]2COCCN(Cc3cccnc3)[C@@H]2C1. The lowest BCUT2D eigenvalue weighted by Crippen LogP contribution is -2.54. The molecule has 0 bridgehead atoms. The van der Waals surface area contributed by atoms with E-state index in [1.807, 2.05) is 47.5 Å². The number of carbonyl (C=O) groups is 1. The van der Waals surface area contributed by atoms with E-state index in [-0.39, 0.29) is 5.91 Å². The van der Waals surface area contributed by atoms with Crippen LogP contribution in [0.5, 0.6) is 0 Å². The lowest BCUT2D eigenvalue weighted by Gasteiger charge is -2.42. The topological polar surface area (TPSA) is 58.6 Å². The molecule has 0 saturated carbocycles. The van der Waals surface area contributed by atoms with Crippen LogP contribution in [0.4, 0.5) is 0 Å². The summed E-state index contributed by atoms with van der Waals surface area (Å²) in [6.45, 7) is 4.73. The highest BCUT2D eigenvalue weighted by Gasteiger charge is 2.37. The monoisotopic (exact) mass is 402 g/mol. The van der Waals surface area contributed by atoms with Crippen molar-refractivity contribution in [3.05, 3.63) is 72.2 Å². The molecule has 0 spiro atoms. The maximum atomic E-state index is 13.3. The van der Waals surface area contributed by atoms with E-state index in [2.05, 4.69) is 20.9 Å². The number of benzene rings is 1. The molecule has 30 heavy (non-hydrogen) atoms. The molecule has 4 heterocycles. The van der Waals surface area contributed by atoms with Crippen LogP contribution in [-0.2, 0) is 11.3 Å². The molecule has 0 radical (unpaired) electrons. The molecule has 2 fully saturated rings. The Morgan fingerprint density at radius 2 is 2.07 bits per heavy atom. The first-order valence-corrected chi connectivity index (χ1v) is 10.6. The quantitative estimate of drug-likeness (QED) is 0.674. The van der Waals surface area contributed by atoms with Crippen molar-refractivity contribution in [3.8, 4) is 0 Å². The van der Waals surface area contributed by atoms with Crippen molar-refractivity contribution in [2.75, 3.05) is 32.8 Å². The number of fused-ring (bicyclic) bond motifs is 2. The molecule has 2 aliphatic heterocycles. The van der Waals surface area contributed by atoms with Gasteiger partial charge >= 0.3 is 0 Å². The van der Waals surface area contributed by atoms with E-state index < -0.39 is 0 Å². The Hall–Kier alpha value is -2.83. The van der Waals surface area contributed by atoms with Crippen molar-refractivity contribution in [2.24, 2.45) is 5.92 Å². The summed E-state index contributed by atoms with van der Waals surface area (Å²) < 4.78 is 5.89. The standard InChI is InChI=1S/C24H26N4O2/c29-24(20-5-6-22-19(13-20)4-2-9-26-22)28-10-7-21-17-30-12-11-27(23(21)16-28)15-18-3-1-8-25-14-18/h1-6,8-9,13-14,21,23H,7,10-12,15-17H2/t21-,23-/m1/s1. The molecular weight excluding hydrogens is 376 g/mol. The third kappa shape index (κ3) is 3.93. The van der Waals surface area contributed by atoms with E-state index in [9.17, 15) is 4.79 Å². The summed E-state index contributed by atoms with van der Waals surface area (Å²) in [4.78, 5) is 26.4. The number of rotatable bonds is 3. The smallest absolute Gasteiger partial charge is 0.253 e. The lowest BCUT2D eigenvalue weighted by molar-refractivity contribution is 0.0371. The van der Waals surface area contributed by atoms with E-state index >= 15 is 0 Å². The van der Waals surface area contributed by atoms with Crippen LogP contribution in [0.25, 0.3) is 10.9 Å². The molecule has 2 saturated heterocycles. The average molecular weight is 402 g/mol. The number of hydrogen-bond acceptors (Lipinski definition) is 5. The largest absolute Gasteiger partial charge is 0.380 e. The molecule has 1 amide bonds. The molecule has 3 aromatic rings. The number of hydrogen-bond donors (Lipinski definition) is 0. The number of aromatic nitrogens is 2. The summed E-state index contributed by atoms with van der Waals surface area (Å²) in [6.07, 6.45) is 6.47. The zero-order valence-corrected chi connectivity index (χ0v) is 17.0. The molecule has 2 aromatic heterocycles. The molecule has 1 aromatic carbocycles. The van der Waals surface area contributed by atoms with E-state index in [1.54, 1.807) is 12.4 Å². The van der Waals surface area contributed by atoms with Crippen LogP contribution in [-0.4, -0.2) is 64.6 Å². The van der Waals surface area contributed by atoms with Crippen molar-refractivity contribution in [1.82, 2.24) is 19.8 Å². The van der Waals surface area contributed by atoms with Gasteiger partial charge in [0.25, 0.3) is 5.91 Å². The Kier molecular flexibility index (Phi) is 5.43. The number of pyridine rings is 2. The first kappa shape index (κ1) is 19.2. The number of likely N-dealkylation sites (tertiary alicyclic amines) is 1. The Balaban J connectivity index is 1.36. The normalized spacial score (nSPS) is 22.5. The summed E-state index contributed by atoms with van der Waals surface area (Å²) >= 11 is 0. The van der Waals surface area contributed by atoms with Crippen molar-refractivity contribution in [2.45, 2.75) is 19.0 Å². The average Bonchev–Trinajstić information content (AvgIpc) is 3.00. The van der Waals surface area contributed by atoms with E-state index in [0.29, 0.717) is 12.0 Å². The fourth-order valence-corrected chi connectivity index (χ4v) is 4.67. The van der Waals surface area contributed by atoms with Gasteiger partial charge in [-0.05, 0) is 42.3 Å². The van der Waals surface area contributed by atoms with Gasteiger partial charge in [0.15, 0.2) is 0 Å². The van der Waals surface area contributed by atoms with Gasteiger partial charge in [-0.1, -0.05) is 12.1 Å². The zero-order valence-electron chi connectivity index (χ0n) is 17.0. The molecule has 0 unspecified atom stereocenters. The highest BCUT2D eigenvalue weighted by Crippen LogP contribution is 2.27. The number of ether oxygens (including phenoxy) is 1. The van der Waals surface area contributed by atoms with Gasteiger partial charge in [0.2, 0.25) is 0 Å². The molecule has 6 nitrogen and oxygen atoms in total. The maximum Gasteiger partial charge on any atom is 0.253 e. The van der Waals surface area contributed by atoms with Crippen LogP contribution in [0.1, 0.15) is 22.3 Å². The Bertz CT molecular complexity index is 1030. The van der Waals surface area contributed by atoms with Crippen molar-refractivity contribution in [1.29, 1.82) is 0 Å². The second kappa shape index (κ2) is 8.50. The second-order valence-corrected chi connectivity index (χ2v) is 8.18. The van der Waals surface area contributed by atoms with Crippen LogP contribution in [0.2, 0.25) is 0 Å². The predicted molar refractivity (Wildman–Crippen MR) is 115 cm³/mol. The predicted octanol–water partition coefficient (Wildman–Crippen LogP) is 2.99. The van der Waals surface area contributed by atoms with Gasteiger partial charge in [-0.25, -0.2) is 0 Å². The van der Waals surface area contributed by atoms with Gasteiger partial charge in [-0.2, -0.15) is 0 Å². The van der Waals surface area contributed by atoms with Gasteiger partial charge in [0, 0.05) is 67.7 Å². The highest BCUT2D eigenvalue weighted by atomic mass is 16.5. The minimum atomic E-state index is 0.102.